The van der Waals surface area contributed by atoms with Crippen LogP contribution in [-0.4, -0.2) is 35.7 Å². The molecule has 0 N–H and O–H groups in total. The van der Waals surface area contributed by atoms with Gasteiger partial charge < -0.3 is 9.26 Å². The van der Waals surface area contributed by atoms with E-state index in [1.807, 2.05) is 36.7 Å². The van der Waals surface area contributed by atoms with Crippen LogP contribution in [0.15, 0.2) is 27.4 Å². The summed E-state index contributed by atoms with van der Waals surface area (Å²) >= 11 is 1.53. The molecule has 0 amide bonds. The molecule has 4 aromatic rings. The summed E-state index contributed by atoms with van der Waals surface area (Å²) in [5.74, 6) is 0.246. The van der Waals surface area contributed by atoms with Gasteiger partial charge in [-0.05, 0) is 31.4 Å². The number of hydrogen-bond donors (Lipinski definition) is 0. The molecule has 0 radical (unpaired) electrons. The lowest BCUT2D eigenvalue weighted by Crippen LogP contribution is -2.08. The molecule has 0 saturated heterocycles. The van der Waals surface area contributed by atoms with Gasteiger partial charge in [0.05, 0.1) is 0 Å². The molecule has 0 atom stereocenters. The normalized spacial score (nSPS) is 11.1. The van der Waals surface area contributed by atoms with Crippen LogP contribution < -0.4 is 0 Å². The molecular weight excluding hydrogens is 344 g/mol. The van der Waals surface area contributed by atoms with Gasteiger partial charge in [0.2, 0.25) is 5.82 Å². The number of fused-ring (bicyclic) bond motifs is 1. The number of aromatic nitrogens is 6. The van der Waals surface area contributed by atoms with E-state index in [4.69, 9.17) is 9.26 Å². The summed E-state index contributed by atoms with van der Waals surface area (Å²) in [5, 5.41) is 11.8. The van der Waals surface area contributed by atoms with E-state index >= 15 is 0 Å². The highest BCUT2D eigenvalue weighted by Crippen LogP contribution is 2.19. The van der Waals surface area contributed by atoms with Crippen LogP contribution in [-0.2, 0) is 11.3 Å². The van der Waals surface area contributed by atoms with Crippen molar-refractivity contribution in [1.29, 1.82) is 0 Å². The van der Waals surface area contributed by atoms with Gasteiger partial charge in [0.15, 0.2) is 6.61 Å². The molecule has 9 nitrogen and oxygen atoms in total. The average Bonchev–Trinajstić information content (AvgIpc) is 3.31. The minimum absolute atomic E-state index is 0.0706. The third-order valence-corrected chi connectivity index (χ3v) is 4.06. The Labute approximate surface area is 145 Å². The summed E-state index contributed by atoms with van der Waals surface area (Å²) in [5.41, 5.74) is 2.47. The van der Waals surface area contributed by atoms with Gasteiger partial charge >= 0.3 is 5.97 Å². The second kappa shape index (κ2) is 6.06. The minimum atomic E-state index is -0.683. The molecule has 0 saturated carbocycles. The van der Waals surface area contributed by atoms with Crippen LogP contribution in [0.1, 0.15) is 27.9 Å². The number of carbonyl (C=O) groups excluding carboxylic acids is 1. The van der Waals surface area contributed by atoms with Gasteiger partial charge in [0.1, 0.15) is 0 Å². The Morgan fingerprint density at radius 2 is 2.20 bits per heavy atom. The molecule has 0 aliphatic carbocycles. The molecular formula is C15H12N6O3S. The molecule has 0 aliphatic heterocycles. The smallest absolute Gasteiger partial charge is 0.378 e. The van der Waals surface area contributed by atoms with Gasteiger partial charge in [-0.1, -0.05) is 5.16 Å². The molecule has 10 heteroatoms. The lowest BCUT2D eigenvalue weighted by molar-refractivity contribution is 0.0415. The van der Waals surface area contributed by atoms with Crippen molar-refractivity contribution in [3.8, 4) is 11.4 Å². The number of esters is 1. The van der Waals surface area contributed by atoms with E-state index in [0.717, 1.165) is 17.0 Å². The summed E-state index contributed by atoms with van der Waals surface area (Å²) < 4.78 is 11.7. The van der Waals surface area contributed by atoms with Crippen molar-refractivity contribution in [1.82, 2.24) is 29.7 Å². The molecule has 0 bridgehead atoms. The first kappa shape index (κ1) is 15.4. The first-order chi connectivity index (χ1) is 12.1. The van der Waals surface area contributed by atoms with E-state index in [0.29, 0.717) is 11.6 Å². The maximum atomic E-state index is 12.1. The Morgan fingerprint density at radius 1 is 1.32 bits per heavy atom. The number of rotatable bonds is 4. The Bertz CT molecular complexity index is 1050. The van der Waals surface area contributed by atoms with Gasteiger partial charge in [-0.25, -0.2) is 14.3 Å². The SMILES string of the molecule is Cc1cc(C)n2nc(C(=O)OCc3nc(-c4ccsc4)no3)nc2n1. The average molecular weight is 356 g/mol. The minimum Gasteiger partial charge on any atom is -0.450 e. The fourth-order valence-corrected chi connectivity index (χ4v) is 2.90. The fraction of sp³-hybridized carbons (Fsp3) is 0.200. The Balaban J connectivity index is 1.48. The van der Waals surface area contributed by atoms with Gasteiger partial charge in [0.25, 0.3) is 17.5 Å². The monoisotopic (exact) mass is 356 g/mol. The molecule has 0 fully saturated rings. The van der Waals surface area contributed by atoms with Crippen LogP contribution in [0.5, 0.6) is 0 Å². The maximum absolute atomic E-state index is 12.1. The van der Waals surface area contributed by atoms with Gasteiger partial charge in [-0.2, -0.15) is 21.3 Å². The molecule has 0 aliphatic rings. The largest absolute Gasteiger partial charge is 0.450 e. The molecule has 0 aromatic carbocycles. The quantitative estimate of drug-likeness (QED) is 0.512. The van der Waals surface area contributed by atoms with Crippen molar-refractivity contribution in [2.75, 3.05) is 0 Å². The fourth-order valence-electron chi connectivity index (χ4n) is 2.27. The summed E-state index contributed by atoms with van der Waals surface area (Å²) in [7, 11) is 0. The number of hydrogen-bond acceptors (Lipinski definition) is 9. The number of nitrogens with zero attached hydrogens (tertiary/aromatic N) is 6. The Hall–Kier alpha value is -3.14. The molecule has 4 aromatic heterocycles. The molecule has 0 unspecified atom stereocenters. The highest BCUT2D eigenvalue weighted by Gasteiger charge is 2.18. The van der Waals surface area contributed by atoms with Crippen molar-refractivity contribution in [3.05, 3.63) is 46.0 Å². The van der Waals surface area contributed by atoms with E-state index in [1.165, 1.54) is 15.9 Å². The van der Waals surface area contributed by atoms with Crippen molar-refractivity contribution >= 4 is 23.1 Å². The first-order valence-corrected chi connectivity index (χ1v) is 8.28. The van der Waals surface area contributed by atoms with Crippen LogP contribution in [0.2, 0.25) is 0 Å². The van der Waals surface area contributed by atoms with Crippen LogP contribution >= 0.6 is 11.3 Å². The Morgan fingerprint density at radius 3 is 3.00 bits per heavy atom. The first-order valence-electron chi connectivity index (χ1n) is 7.33. The summed E-state index contributed by atoms with van der Waals surface area (Å²) in [4.78, 5) is 24.6. The number of carbonyl (C=O) groups is 1. The highest BCUT2D eigenvalue weighted by molar-refractivity contribution is 7.08. The van der Waals surface area contributed by atoms with Crippen LogP contribution in [0.25, 0.3) is 17.2 Å². The van der Waals surface area contributed by atoms with E-state index in [-0.39, 0.29) is 18.3 Å². The van der Waals surface area contributed by atoms with Gasteiger partial charge in [-0.15, -0.1) is 5.10 Å². The second-order valence-electron chi connectivity index (χ2n) is 5.29. The summed E-state index contributed by atoms with van der Waals surface area (Å²) in [6.45, 7) is 3.55. The maximum Gasteiger partial charge on any atom is 0.378 e. The number of thiophene rings is 1. The van der Waals surface area contributed by atoms with Crippen molar-refractivity contribution in [2.24, 2.45) is 0 Å². The topological polar surface area (TPSA) is 108 Å². The zero-order chi connectivity index (χ0) is 17.4. The van der Waals surface area contributed by atoms with Crippen LogP contribution in [0, 0.1) is 13.8 Å². The highest BCUT2D eigenvalue weighted by atomic mass is 32.1. The second-order valence-corrected chi connectivity index (χ2v) is 6.07. The van der Waals surface area contributed by atoms with Crippen LogP contribution in [0.4, 0.5) is 0 Å². The summed E-state index contributed by atoms with van der Waals surface area (Å²) in [6.07, 6.45) is 0. The third kappa shape index (κ3) is 2.98. The zero-order valence-electron chi connectivity index (χ0n) is 13.3. The standard InChI is InChI=1S/C15H12N6O3S/c1-8-5-9(2)21-15(16-8)18-13(19-21)14(22)23-6-11-17-12(20-24-11)10-3-4-25-7-10/h3-5,7H,6H2,1-2H3. The van der Waals surface area contributed by atoms with Crippen molar-refractivity contribution in [2.45, 2.75) is 20.5 Å². The molecule has 4 rings (SSSR count). The van der Waals surface area contributed by atoms with Crippen molar-refractivity contribution in [3.63, 3.8) is 0 Å². The molecule has 126 valence electrons. The van der Waals surface area contributed by atoms with Crippen LogP contribution in [0.3, 0.4) is 0 Å². The van der Waals surface area contributed by atoms with E-state index in [9.17, 15) is 4.79 Å². The number of aryl methyl sites for hydroxylation is 2. The zero-order valence-corrected chi connectivity index (χ0v) is 14.1. The number of ether oxygens (including phenoxy) is 1. The summed E-state index contributed by atoms with van der Waals surface area (Å²) in [6, 6.07) is 3.73. The molecule has 25 heavy (non-hydrogen) atoms. The van der Waals surface area contributed by atoms with Gasteiger partial charge in [-0.3, -0.25) is 0 Å². The third-order valence-electron chi connectivity index (χ3n) is 3.38. The van der Waals surface area contributed by atoms with E-state index in [2.05, 4.69) is 25.2 Å². The lowest BCUT2D eigenvalue weighted by Gasteiger charge is -1.97. The Kier molecular flexibility index (Phi) is 3.73. The predicted molar refractivity (Wildman–Crippen MR) is 87.0 cm³/mol. The van der Waals surface area contributed by atoms with Gasteiger partial charge in [0, 0.05) is 22.3 Å². The van der Waals surface area contributed by atoms with E-state index < -0.39 is 5.97 Å². The van der Waals surface area contributed by atoms with Crippen molar-refractivity contribution < 1.29 is 14.1 Å². The molecule has 0 spiro atoms. The van der Waals surface area contributed by atoms with E-state index in [1.54, 1.807) is 0 Å². The molecule has 4 heterocycles. The lowest BCUT2D eigenvalue weighted by atomic mass is 10.3. The predicted octanol–water partition coefficient (Wildman–Crippen LogP) is 2.21.